The van der Waals surface area contributed by atoms with Gasteiger partial charge in [-0.1, -0.05) is 44.4 Å². The molecule has 0 unspecified atom stereocenters. The van der Waals surface area contributed by atoms with E-state index in [0.29, 0.717) is 30.6 Å². The summed E-state index contributed by atoms with van der Waals surface area (Å²) in [5, 5.41) is 2.88. The Hall–Kier alpha value is -2.09. The number of hydrogen-bond donors (Lipinski definition) is 1. The van der Waals surface area contributed by atoms with Crippen LogP contribution in [0.4, 0.5) is 17.6 Å². The average molecular weight is 474 g/mol. The second-order valence-electron chi connectivity index (χ2n) is 8.59. The van der Waals surface area contributed by atoms with Crippen molar-refractivity contribution in [2.24, 2.45) is 11.8 Å². The van der Waals surface area contributed by atoms with Gasteiger partial charge in [0.05, 0.1) is 5.69 Å². The van der Waals surface area contributed by atoms with Crippen LogP contribution >= 0.6 is 11.6 Å². The fourth-order valence-electron chi connectivity index (χ4n) is 4.10. The molecule has 0 saturated heterocycles. The Bertz CT molecular complexity index is 949. The highest BCUT2D eigenvalue weighted by Gasteiger charge is 2.27. The van der Waals surface area contributed by atoms with Crippen molar-refractivity contribution >= 4 is 17.5 Å². The van der Waals surface area contributed by atoms with Gasteiger partial charge in [-0.15, -0.1) is 0 Å². The summed E-state index contributed by atoms with van der Waals surface area (Å²) in [5.41, 5.74) is 0.307. The molecule has 1 N–H and O–H groups in total. The van der Waals surface area contributed by atoms with Gasteiger partial charge in [-0.25, -0.2) is 9.37 Å². The van der Waals surface area contributed by atoms with E-state index in [4.69, 9.17) is 11.6 Å². The van der Waals surface area contributed by atoms with E-state index in [1.54, 1.807) is 6.92 Å². The number of nitrogens with one attached hydrogen (secondary N) is 1. The number of aryl methyl sites for hydroxylation is 2. The van der Waals surface area contributed by atoms with E-state index in [1.165, 1.54) is 16.7 Å². The third-order valence-corrected chi connectivity index (χ3v) is 6.41. The Balaban J connectivity index is 1.77. The van der Waals surface area contributed by atoms with E-state index in [0.717, 1.165) is 31.7 Å². The SMILES string of the molecule is CCc1nc(C(=O)NCC2CCC(C)CC2)c(Cl)n1-c1ccc(CCC(F)(F)F)cc1F. The van der Waals surface area contributed by atoms with Crippen LogP contribution in [0.5, 0.6) is 0 Å². The first-order valence-electron chi connectivity index (χ1n) is 11.0. The first-order chi connectivity index (χ1) is 15.1. The number of imidazole rings is 1. The summed E-state index contributed by atoms with van der Waals surface area (Å²) in [6.45, 7) is 4.57. The van der Waals surface area contributed by atoms with Crippen LogP contribution < -0.4 is 5.32 Å². The van der Waals surface area contributed by atoms with Gasteiger partial charge in [0.25, 0.3) is 5.91 Å². The summed E-state index contributed by atoms with van der Waals surface area (Å²) in [6.07, 6.45) is -0.832. The zero-order chi connectivity index (χ0) is 23.5. The molecule has 1 aliphatic carbocycles. The van der Waals surface area contributed by atoms with Crippen LogP contribution in [0.15, 0.2) is 18.2 Å². The molecule has 1 amide bonds. The smallest absolute Gasteiger partial charge is 0.350 e. The highest BCUT2D eigenvalue weighted by Crippen LogP contribution is 2.29. The molecule has 32 heavy (non-hydrogen) atoms. The predicted molar refractivity (Wildman–Crippen MR) is 116 cm³/mol. The number of rotatable bonds is 7. The van der Waals surface area contributed by atoms with Crippen molar-refractivity contribution in [3.05, 3.63) is 46.3 Å². The molecule has 9 heteroatoms. The molecule has 1 heterocycles. The normalized spacial score (nSPS) is 19.2. The molecule has 3 rings (SSSR count). The van der Waals surface area contributed by atoms with E-state index in [2.05, 4.69) is 17.2 Å². The number of amides is 1. The highest BCUT2D eigenvalue weighted by atomic mass is 35.5. The lowest BCUT2D eigenvalue weighted by Gasteiger charge is -2.26. The highest BCUT2D eigenvalue weighted by molar-refractivity contribution is 6.32. The molecule has 1 aromatic heterocycles. The zero-order valence-corrected chi connectivity index (χ0v) is 19.0. The van der Waals surface area contributed by atoms with Crippen molar-refractivity contribution in [3.63, 3.8) is 0 Å². The maximum atomic E-state index is 14.8. The number of carbonyl (C=O) groups is 1. The Morgan fingerprint density at radius 2 is 1.94 bits per heavy atom. The Labute approximate surface area is 190 Å². The number of hydrogen-bond acceptors (Lipinski definition) is 2. The van der Waals surface area contributed by atoms with Gasteiger partial charge in [-0.2, -0.15) is 13.2 Å². The van der Waals surface area contributed by atoms with Crippen LogP contribution in [0.1, 0.15) is 67.8 Å². The molecule has 1 fully saturated rings. The maximum absolute atomic E-state index is 14.8. The summed E-state index contributed by atoms with van der Waals surface area (Å²) < 4.78 is 53.5. The molecule has 1 aromatic carbocycles. The molecule has 1 saturated carbocycles. The van der Waals surface area contributed by atoms with Crippen molar-refractivity contribution in [3.8, 4) is 5.69 Å². The van der Waals surface area contributed by atoms with Gasteiger partial charge in [0.1, 0.15) is 16.8 Å². The fraction of sp³-hybridized carbons (Fsp3) is 0.565. The van der Waals surface area contributed by atoms with E-state index < -0.39 is 24.3 Å². The molecule has 0 atom stereocenters. The minimum absolute atomic E-state index is 0.0152. The standard InChI is InChI=1S/C23H28ClF4N3O/c1-3-19-30-20(22(32)29-13-16-6-4-14(2)5-7-16)21(24)31(19)18-9-8-15(12-17(18)25)10-11-23(26,27)28/h8-9,12,14,16H,3-7,10-11,13H2,1-2H3,(H,29,32). The fourth-order valence-corrected chi connectivity index (χ4v) is 4.41. The first-order valence-corrected chi connectivity index (χ1v) is 11.4. The van der Waals surface area contributed by atoms with Gasteiger partial charge in [0.2, 0.25) is 0 Å². The molecule has 0 spiro atoms. The molecule has 0 aliphatic heterocycles. The predicted octanol–water partition coefficient (Wildman–Crippen LogP) is 6.28. The first kappa shape index (κ1) is 24.6. The van der Waals surface area contributed by atoms with E-state index in [1.807, 2.05) is 0 Å². The van der Waals surface area contributed by atoms with Gasteiger partial charge in [0, 0.05) is 19.4 Å². The minimum Gasteiger partial charge on any atom is -0.350 e. The second kappa shape index (κ2) is 10.2. The Kier molecular flexibility index (Phi) is 7.85. The molecule has 176 valence electrons. The zero-order valence-electron chi connectivity index (χ0n) is 18.2. The van der Waals surface area contributed by atoms with Crippen LogP contribution in [-0.2, 0) is 12.8 Å². The van der Waals surface area contributed by atoms with E-state index in [-0.39, 0.29) is 28.5 Å². The number of halogens is 5. The van der Waals surface area contributed by atoms with Crippen LogP contribution in [0.2, 0.25) is 5.15 Å². The monoisotopic (exact) mass is 473 g/mol. The molecule has 4 nitrogen and oxygen atoms in total. The maximum Gasteiger partial charge on any atom is 0.389 e. The lowest BCUT2D eigenvalue weighted by atomic mass is 9.83. The third-order valence-electron chi connectivity index (χ3n) is 6.06. The van der Waals surface area contributed by atoms with Gasteiger partial charge >= 0.3 is 6.18 Å². The topological polar surface area (TPSA) is 46.9 Å². The third kappa shape index (κ3) is 6.03. The lowest BCUT2D eigenvalue weighted by molar-refractivity contribution is -0.134. The van der Waals surface area contributed by atoms with Gasteiger partial charge < -0.3 is 5.32 Å². The van der Waals surface area contributed by atoms with E-state index in [9.17, 15) is 22.4 Å². The lowest BCUT2D eigenvalue weighted by Crippen LogP contribution is -2.31. The number of benzene rings is 1. The van der Waals surface area contributed by atoms with Crippen molar-refractivity contribution in [1.82, 2.24) is 14.9 Å². The van der Waals surface area contributed by atoms with Crippen LogP contribution in [0, 0.1) is 17.7 Å². The number of nitrogens with zero attached hydrogens (tertiary/aromatic N) is 2. The quantitative estimate of drug-likeness (QED) is 0.481. The summed E-state index contributed by atoms with van der Waals surface area (Å²) in [7, 11) is 0. The molecular weight excluding hydrogens is 446 g/mol. The van der Waals surface area contributed by atoms with Gasteiger partial charge in [0.15, 0.2) is 5.69 Å². The van der Waals surface area contributed by atoms with Crippen molar-refractivity contribution in [2.45, 2.75) is 65.0 Å². The summed E-state index contributed by atoms with van der Waals surface area (Å²) in [5.74, 6) is 0.400. The van der Waals surface area contributed by atoms with Crippen LogP contribution in [0.25, 0.3) is 5.69 Å². The summed E-state index contributed by atoms with van der Waals surface area (Å²) in [4.78, 5) is 17.0. The largest absolute Gasteiger partial charge is 0.389 e. The molecular formula is C23H28ClF4N3O. The Morgan fingerprint density at radius 1 is 1.25 bits per heavy atom. The molecule has 1 aliphatic rings. The summed E-state index contributed by atoms with van der Waals surface area (Å²) in [6, 6.07) is 3.88. The Morgan fingerprint density at radius 3 is 2.53 bits per heavy atom. The average Bonchev–Trinajstić information content (AvgIpc) is 3.07. The number of aromatic nitrogens is 2. The van der Waals surface area contributed by atoms with Crippen LogP contribution in [0.3, 0.4) is 0 Å². The summed E-state index contributed by atoms with van der Waals surface area (Å²) >= 11 is 6.44. The molecule has 2 aromatic rings. The van der Waals surface area contributed by atoms with Crippen molar-refractivity contribution < 1.29 is 22.4 Å². The second-order valence-corrected chi connectivity index (χ2v) is 8.95. The van der Waals surface area contributed by atoms with Gasteiger partial charge in [-0.05, 0) is 48.8 Å². The number of alkyl halides is 3. The van der Waals surface area contributed by atoms with E-state index >= 15 is 0 Å². The van der Waals surface area contributed by atoms with Crippen molar-refractivity contribution in [2.75, 3.05) is 6.54 Å². The van der Waals surface area contributed by atoms with Crippen LogP contribution in [-0.4, -0.2) is 28.2 Å². The van der Waals surface area contributed by atoms with Gasteiger partial charge in [-0.3, -0.25) is 9.36 Å². The molecule has 0 bridgehead atoms. The van der Waals surface area contributed by atoms with Crippen molar-refractivity contribution in [1.29, 1.82) is 0 Å². The number of carbonyl (C=O) groups excluding carboxylic acids is 1. The minimum atomic E-state index is -4.31. The molecule has 0 radical (unpaired) electrons.